The van der Waals surface area contributed by atoms with Crippen LogP contribution >= 0.6 is 0 Å². The van der Waals surface area contributed by atoms with Crippen LogP contribution in [0.2, 0.25) is 0 Å². The Bertz CT molecular complexity index is 470. The van der Waals surface area contributed by atoms with E-state index in [1.54, 1.807) is 12.1 Å². The van der Waals surface area contributed by atoms with Crippen molar-refractivity contribution in [3.8, 4) is 0 Å². The highest BCUT2D eigenvalue weighted by molar-refractivity contribution is 7.93. The normalized spacial score (nSPS) is 14.1. The minimum Gasteiger partial charge on any atom is -0.451 e. The number of ether oxygens (including phenoxy) is 1. The molecule has 0 aliphatic heterocycles. The van der Waals surface area contributed by atoms with Crippen LogP contribution in [0.15, 0.2) is 33.5 Å². The summed E-state index contributed by atoms with van der Waals surface area (Å²) in [5.74, 6) is 0. The van der Waals surface area contributed by atoms with Gasteiger partial charge in [-0.3, -0.25) is 0 Å². The predicted octanol–water partition coefficient (Wildman–Crippen LogP) is 2.22. The fraction of sp³-hybridized carbons (Fsp3) is 0.300. The Balaban J connectivity index is 3.17. The zero-order valence-electron chi connectivity index (χ0n) is 8.89. The summed E-state index contributed by atoms with van der Waals surface area (Å²) < 4.78 is 19.8. The molecule has 15 heavy (non-hydrogen) atoms. The van der Waals surface area contributed by atoms with Gasteiger partial charge in [0.15, 0.2) is 0 Å². The number of methoxy groups -OCH3 is 1. The molecule has 1 aromatic carbocycles. The lowest BCUT2D eigenvalue weighted by Crippen LogP contribution is -2.03. The van der Waals surface area contributed by atoms with Gasteiger partial charge in [-0.1, -0.05) is 17.7 Å². The van der Waals surface area contributed by atoms with Crippen LogP contribution in [-0.2, 0) is 14.5 Å². The molecule has 1 aromatic rings. The van der Waals surface area contributed by atoms with E-state index in [9.17, 15) is 9.00 Å². The van der Waals surface area contributed by atoms with Gasteiger partial charge in [0.2, 0.25) is 0 Å². The smallest absolute Gasteiger partial charge is 0.441 e. The molecule has 82 valence electrons. The highest BCUT2D eigenvalue weighted by Gasteiger charge is 2.08. The lowest BCUT2D eigenvalue weighted by molar-refractivity contribution is 0.183. The van der Waals surface area contributed by atoms with Gasteiger partial charge in [-0.15, -0.1) is 4.36 Å². The Morgan fingerprint density at radius 3 is 2.33 bits per heavy atom. The van der Waals surface area contributed by atoms with Crippen LogP contribution in [0.5, 0.6) is 0 Å². The average molecular weight is 227 g/mol. The number of rotatable bonds is 1. The Hall–Kier alpha value is -1.36. The quantitative estimate of drug-likeness (QED) is 0.739. The fourth-order valence-electron chi connectivity index (χ4n) is 1.02. The van der Waals surface area contributed by atoms with E-state index < -0.39 is 15.8 Å². The first-order chi connectivity index (χ1) is 6.95. The molecule has 1 amide bonds. The van der Waals surface area contributed by atoms with Crippen molar-refractivity contribution >= 4 is 15.8 Å². The van der Waals surface area contributed by atoms with Crippen molar-refractivity contribution in [2.24, 2.45) is 4.36 Å². The number of hydrogen-bond donors (Lipinski definition) is 0. The first-order valence-corrected chi connectivity index (χ1v) is 6.25. The Kier molecular flexibility index (Phi) is 3.47. The lowest BCUT2D eigenvalue weighted by Gasteiger charge is -2.03. The highest BCUT2D eigenvalue weighted by Crippen LogP contribution is 2.12. The van der Waals surface area contributed by atoms with Crippen molar-refractivity contribution in [3.05, 3.63) is 29.8 Å². The number of nitrogens with zero attached hydrogens (tertiary/aromatic N) is 1. The maximum atomic E-state index is 12.0. The maximum Gasteiger partial charge on any atom is 0.441 e. The van der Waals surface area contributed by atoms with Crippen molar-refractivity contribution in [2.75, 3.05) is 13.4 Å². The van der Waals surface area contributed by atoms with Crippen LogP contribution in [0.4, 0.5) is 4.79 Å². The van der Waals surface area contributed by atoms with E-state index in [1.165, 1.54) is 13.4 Å². The number of amides is 1. The Morgan fingerprint density at radius 2 is 1.87 bits per heavy atom. The van der Waals surface area contributed by atoms with Crippen molar-refractivity contribution in [1.29, 1.82) is 0 Å². The van der Waals surface area contributed by atoms with Crippen molar-refractivity contribution in [2.45, 2.75) is 11.8 Å². The molecule has 0 saturated heterocycles. The van der Waals surface area contributed by atoms with E-state index in [1.807, 2.05) is 19.1 Å². The van der Waals surface area contributed by atoms with Gasteiger partial charge in [-0.2, -0.15) is 0 Å². The van der Waals surface area contributed by atoms with Crippen molar-refractivity contribution < 1.29 is 13.7 Å². The number of aryl methyl sites for hydroxylation is 1. The van der Waals surface area contributed by atoms with Gasteiger partial charge in [-0.25, -0.2) is 9.00 Å². The lowest BCUT2D eigenvalue weighted by atomic mass is 10.2. The molecule has 0 radical (unpaired) electrons. The molecule has 5 heteroatoms. The first kappa shape index (κ1) is 11.7. The highest BCUT2D eigenvalue weighted by atomic mass is 32.2. The topological polar surface area (TPSA) is 55.7 Å². The monoisotopic (exact) mass is 227 g/mol. The van der Waals surface area contributed by atoms with E-state index >= 15 is 0 Å². The van der Waals surface area contributed by atoms with E-state index in [-0.39, 0.29) is 0 Å². The summed E-state index contributed by atoms with van der Waals surface area (Å²) in [4.78, 5) is 11.4. The minimum atomic E-state index is -2.69. The third-order valence-corrected chi connectivity index (χ3v) is 3.53. The molecule has 4 nitrogen and oxygen atoms in total. The molecular weight excluding hydrogens is 214 g/mol. The molecule has 1 unspecified atom stereocenters. The van der Waals surface area contributed by atoms with Crippen molar-refractivity contribution in [3.63, 3.8) is 0 Å². The average Bonchev–Trinajstić information content (AvgIpc) is 2.17. The van der Waals surface area contributed by atoms with Crippen LogP contribution in [0.1, 0.15) is 5.56 Å². The molecule has 1 atom stereocenters. The molecule has 0 aliphatic carbocycles. The summed E-state index contributed by atoms with van der Waals surface area (Å²) in [6.45, 7) is 1.93. The van der Waals surface area contributed by atoms with Crippen LogP contribution in [-0.4, -0.2) is 23.7 Å². The van der Waals surface area contributed by atoms with Gasteiger partial charge in [0.1, 0.15) is 0 Å². The molecule has 0 heterocycles. The third-order valence-electron chi connectivity index (χ3n) is 1.88. The number of carbonyl (C=O) groups is 1. The zero-order valence-corrected chi connectivity index (χ0v) is 9.71. The van der Waals surface area contributed by atoms with Gasteiger partial charge in [0.05, 0.1) is 16.8 Å². The van der Waals surface area contributed by atoms with Crippen LogP contribution in [0.3, 0.4) is 0 Å². The first-order valence-electron chi connectivity index (χ1n) is 4.32. The summed E-state index contributed by atoms with van der Waals surface area (Å²) in [5, 5.41) is 0. The molecule has 0 aromatic heterocycles. The maximum absolute atomic E-state index is 12.0. The molecule has 0 N–H and O–H groups in total. The summed E-state index contributed by atoms with van der Waals surface area (Å²) in [6, 6.07) is 7.05. The van der Waals surface area contributed by atoms with E-state index in [0.29, 0.717) is 4.90 Å². The van der Waals surface area contributed by atoms with Crippen molar-refractivity contribution in [1.82, 2.24) is 0 Å². The second kappa shape index (κ2) is 4.44. The summed E-state index contributed by atoms with van der Waals surface area (Å²) >= 11 is 0. The minimum absolute atomic E-state index is 0.526. The molecular formula is C10H13NO3S. The molecule has 0 fully saturated rings. The van der Waals surface area contributed by atoms with Gasteiger partial charge >= 0.3 is 6.09 Å². The van der Waals surface area contributed by atoms with Gasteiger partial charge in [0.25, 0.3) is 0 Å². The zero-order chi connectivity index (χ0) is 11.5. The largest absolute Gasteiger partial charge is 0.451 e. The summed E-state index contributed by atoms with van der Waals surface area (Å²) in [5.41, 5.74) is 1.06. The second-order valence-electron chi connectivity index (χ2n) is 3.18. The summed E-state index contributed by atoms with van der Waals surface area (Å²) in [7, 11) is -1.48. The Morgan fingerprint density at radius 1 is 1.33 bits per heavy atom. The van der Waals surface area contributed by atoms with E-state index in [0.717, 1.165) is 5.56 Å². The van der Waals surface area contributed by atoms with Crippen LogP contribution in [0.25, 0.3) is 0 Å². The van der Waals surface area contributed by atoms with E-state index in [4.69, 9.17) is 0 Å². The fourth-order valence-corrected chi connectivity index (χ4v) is 2.13. The predicted molar refractivity (Wildman–Crippen MR) is 58.3 cm³/mol. The Labute approximate surface area is 89.4 Å². The standard InChI is InChI=1S/C10H13NO3S/c1-8-4-6-9(7-5-8)15(3,13)11-10(12)14-2/h4-7H,1-3H3. The van der Waals surface area contributed by atoms with Crippen LogP contribution in [0, 0.1) is 6.92 Å². The van der Waals surface area contributed by atoms with Gasteiger partial charge in [0, 0.05) is 11.2 Å². The second-order valence-corrected chi connectivity index (χ2v) is 5.44. The molecule has 0 saturated carbocycles. The SMILES string of the molecule is COC(=O)N=S(C)(=O)c1ccc(C)cc1. The molecule has 0 spiro atoms. The van der Waals surface area contributed by atoms with E-state index in [2.05, 4.69) is 9.10 Å². The molecule has 1 rings (SSSR count). The molecule has 0 bridgehead atoms. The van der Waals surface area contributed by atoms with Gasteiger partial charge < -0.3 is 4.74 Å². The third kappa shape index (κ3) is 3.06. The number of benzene rings is 1. The number of carbonyl (C=O) groups excluding carboxylic acids is 1. The van der Waals surface area contributed by atoms with Crippen LogP contribution < -0.4 is 0 Å². The molecule has 0 aliphatic rings. The summed E-state index contributed by atoms with van der Waals surface area (Å²) in [6.07, 6.45) is 0.595. The van der Waals surface area contributed by atoms with Gasteiger partial charge in [-0.05, 0) is 19.1 Å². The number of hydrogen-bond acceptors (Lipinski definition) is 3.